The van der Waals surface area contributed by atoms with Crippen molar-refractivity contribution >= 4 is 46.6 Å². The number of anilines is 2. The van der Waals surface area contributed by atoms with Crippen molar-refractivity contribution in [2.75, 3.05) is 56.9 Å². The highest BCUT2D eigenvalue weighted by Gasteiger charge is 2.56. The minimum absolute atomic E-state index is 0.00298. The zero-order valence-corrected chi connectivity index (χ0v) is 26.9. The fourth-order valence-electron chi connectivity index (χ4n) is 6.66. The van der Waals surface area contributed by atoms with E-state index in [1.54, 1.807) is 18.0 Å². The van der Waals surface area contributed by atoms with Crippen molar-refractivity contribution in [3.63, 3.8) is 0 Å². The van der Waals surface area contributed by atoms with Gasteiger partial charge >= 0.3 is 6.18 Å². The fourth-order valence-corrected chi connectivity index (χ4v) is 6.66. The van der Waals surface area contributed by atoms with Gasteiger partial charge in [-0.25, -0.2) is 4.99 Å². The lowest BCUT2D eigenvalue weighted by atomic mass is 9.77. The number of amides is 2. The second-order valence-corrected chi connectivity index (χ2v) is 12.5. The maximum absolute atomic E-state index is 13.6. The first-order chi connectivity index (χ1) is 23.4. The lowest BCUT2D eigenvalue weighted by Gasteiger charge is -2.46. The Morgan fingerprint density at radius 2 is 1.88 bits per heavy atom. The predicted molar refractivity (Wildman–Crippen MR) is 183 cm³/mol. The molecule has 2 fully saturated rings. The van der Waals surface area contributed by atoms with Gasteiger partial charge in [0.2, 0.25) is 11.8 Å². The van der Waals surface area contributed by atoms with Gasteiger partial charge in [-0.1, -0.05) is 30.3 Å². The second kappa shape index (κ2) is 13.3. The Balaban J connectivity index is 1.05. The Hall–Kier alpha value is -5.37. The molecule has 1 aromatic heterocycles. The van der Waals surface area contributed by atoms with Crippen molar-refractivity contribution in [2.24, 2.45) is 21.1 Å². The van der Waals surface area contributed by atoms with E-state index in [-0.39, 0.29) is 29.6 Å². The SMILES string of the molecule is CN=CN=C(N)c1ccc(C2=CCN(C(=O)CN3CCC4(C3)CN(c3ccc(N)c(C(=N)c5cnccc5C(F)(F)F)c3)C4=O)CC2)cc1. The number of hydrogen-bond acceptors (Lipinski definition) is 7. The second-order valence-electron chi connectivity index (χ2n) is 12.5. The van der Waals surface area contributed by atoms with Crippen LogP contribution in [-0.2, 0) is 15.8 Å². The van der Waals surface area contributed by atoms with E-state index in [0.29, 0.717) is 57.1 Å². The lowest BCUT2D eigenvalue weighted by molar-refractivity contribution is -0.137. The summed E-state index contributed by atoms with van der Waals surface area (Å²) in [6.07, 6.45) is 2.12. The first-order valence-electron chi connectivity index (χ1n) is 15.8. The van der Waals surface area contributed by atoms with Gasteiger partial charge in [0, 0.05) is 73.7 Å². The van der Waals surface area contributed by atoms with Crippen LogP contribution in [0.5, 0.6) is 0 Å². The summed E-state index contributed by atoms with van der Waals surface area (Å²) >= 11 is 0. The Labute approximate surface area is 281 Å². The van der Waals surface area contributed by atoms with Crippen LogP contribution in [0, 0.1) is 10.8 Å². The van der Waals surface area contributed by atoms with Crippen LogP contribution in [0.4, 0.5) is 24.5 Å². The Bertz CT molecular complexity index is 1890. The van der Waals surface area contributed by atoms with Gasteiger partial charge in [-0.3, -0.25) is 29.9 Å². The molecule has 14 heteroatoms. The minimum Gasteiger partial charge on any atom is -0.398 e. The number of rotatable bonds is 8. The van der Waals surface area contributed by atoms with E-state index < -0.39 is 28.4 Å². The molecule has 6 rings (SSSR count). The number of nitrogens with one attached hydrogen (secondary N) is 1. The normalized spacial score (nSPS) is 20.2. The smallest absolute Gasteiger partial charge is 0.398 e. The van der Waals surface area contributed by atoms with Gasteiger partial charge in [-0.15, -0.1) is 0 Å². The van der Waals surface area contributed by atoms with Crippen LogP contribution in [0.3, 0.4) is 0 Å². The molecule has 2 aromatic carbocycles. The average molecular weight is 672 g/mol. The van der Waals surface area contributed by atoms with Crippen molar-refractivity contribution in [1.82, 2.24) is 14.8 Å². The molecule has 5 N–H and O–H groups in total. The monoisotopic (exact) mass is 671 g/mol. The number of amidine groups is 1. The largest absolute Gasteiger partial charge is 0.417 e. The summed E-state index contributed by atoms with van der Waals surface area (Å²) in [6, 6.07) is 13.2. The van der Waals surface area contributed by atoms with Crippen molar-refractivity contribution < 1.29 is 22.8 Å². The summed E-state index contributed by atoms with van der Waals surface area (Å²) in [7, 11) is 1.62. The van der Waals surface area contributed by atoms with E-state index in [2.05, 4.69) is 21.0 Å². The summed E-state index contributed by atoms with van der Waals surface area (Å²) in [5.41, 5.74) is 13.3. The van der Waals surface area contributed by atoms with E-state index in [9.17, 15) is 22.8 Å². The molecule has 2 amide bonds. The molecule has 4 heterocycles. The maximum atomic E-state index is 13.6. The molecule has 3 aliphatic rings. The van der Waals surface area contributed by atoms with Gasteiger partial charge in [0.1, 0.15) is 12.2 Å². The summed E-state index contributed by atoms with van der Waals surface area (Å²) in [5.74, 6) is 0.267. The van der Waals surface area contributed by atoms with Gasteiger partial charge in [-0.05, 0) is 54.8 Å². The van der Waals surface area contributed by atoms with Gasteiger partial charge in [0.05, 0.1) is 23.2 Å². The molecule has 0 radical (unpaired) electrons. The van der Waals surface area contributed by atoms with Crippen LogP contribution >= 0.6 is 0 Å². The number of likely N-dealkylation sites (tertiary alicyclic amines) is 1. The van der Waals surface area contributed by atoms with E-state index >= 15 is 0 Å². The number of aliphatic imine (C=N–C) groups is 2. The molecule has 0 saturated carbocycles. The molecule has 3 aromatic rings. The number of carbonyl (C=O) groups is 2. The molecule has 1 spiro atoms. The molecule has 254 valence electrons. The zero-order valence-electron chi connectivity index (χ0n) is 26.9. The number of aromatic nitrogens is 1. The number of alkyl halides is 3. The van der Waals surface area contributed by atoms with Crippen molar-refractivity contribution in [3.8, 4) is 0 Å². The third kappa shape index (κ3) is 6.68. The van der Waals surface area contributed by atoms with E-state index in [1.807, 2.05) is 34.1 Å². The molecule has 2 saturated heterocycles. The predicted octanol–water partition coefficient (Wildman–Crippen LogP) is 3.82. The third-order valence-electron chi connectivity index (χ3n) is 9.39. The molecule has 0 bridgehead atoms. The quantitative estimate of drug-likeness (QED) is 0.143. The number of pyridine rings is 1. The summed E-state index contributed by atoms with van der Waals surface area (Å²) in [6.45, 7) is 2.73. The highest BCUT2D eigenvalue weighted by Crippen LogP contribution is 2.44. The molecule has 11 nitrogen and oxygen atoms in total. The maximum Gasteiger partial charge on any atom is 0.417 e. The highest BCUT2D eigenvalue weighted by atomic mass is 19.4. The Morgan fingerprint density at radius 1 is 1.10 bits per heavy atom. The van der Waals surface area contributed by atoms with E-state index in [1.165, 1.54) is 18.5 Å². The molecule has 49 heavy (non-hydrogen) atoms. The number of halogens is 3. The van der Waals surface area contributed by atoms with Crippen LogP contribution < -0.4 is 16.4 Å². The number of nitrogen functional groups attached to an aromatic ring is 1. The van der Waals surface area contributed by atoms with Crippen molar-refractivity contribution in [3.05, 3.63) is 94.8 Å². The number of β-lactam (4-membered cyclic amide) rings is 1. The highest BCUT2D eigenvalue weighted by molar-refractivity contribution is 6.15. The first kappa shape index (κ1) is 33.5. The van der Waals surface area contributed by atoms with Gasteiger partial charge < -0.3 is 21.3 Å². The van der Waals surface area contributed by atoms with Crippen LogP contribution in [0.1, 0.15) is 40.7 Å². The number of nitrogens with two attached hydrogens (primary N) is 2. The van der Waals surface area contributed by atoms with Crippen LogP contribution in [0.15, 0.2) is 77.0 Å². The number of carbonyl (C=O) groups excluding carboxylic acids is 2. The fraction of sp³-hybridized carbons (Fsp3) is 0.314. The van der Waals surface area contributed by atoms with Gasteiger partial charge in [0.25, 0.3) is 0 Å². The molecular weight excluding hydrogens is 635 g/mol. The van der Waals surface area contributed by atoms with E-state index in [0.717, 1.165) is 35.2 Å². The summed E-state index contributed by atoms with van der Waals surface area (Å²) in [4.78, 5) is 43.8. The topological polar surface area (TPSA) is 157 Å². The number of nitrogens with zero attached hydrogens (tertiary/aromatic N) is 6. The molecule has 1 unspecified atom stereocenters. The summed E-state index contributed by atoms with van der Waals surface area (Å²) in [5, 5.41) is 8.55. The van der Waals surface area contributed by atoms with E-state index in [4.69, 9.17) is 16.9 Å². The molecule has 3 aliphatic heterocycles. The van der Waals surface area contributed by atoms with Crippen LogP contribution in [-0.4, -0.2) is 90.8 Å². The Kier molecular flexibility index (Phi) is 9.08. The summed E-state index contributed by atoms with van der Waals surface area (Å²) < 4.78 is 40.9. The number of benzene rings is 2. The molecule has 0 aliphatic carbocycles. The number of hydrogen-bond donors (Lipinski definition) is 3. The molecular formula is C35H36F3N9O2. The van der Waals surface area contributed by atoms with Gasteiger partial charge in [-0.2, -0.15) is 13.2 Å². The van der Waals surface area contributed by atoms with Crippen LogP contribution in [0.2, 0.25) is 0 Å². The van der Waals surface area contributed by atoms with Crippen molar-refractivity contribution in [2.45, 2.75) is 19.0 Å². The first-order valence-corrected chi connectivity index (χ1v) is 15.8. The lowest BCUT2D eigenvalue weighted by Crippen LogP contribution is -2.63. The minimum atomic E-state index is -4.68. The van der Waals surface area contributed by atoms with Crippen LogP contribution in [0.25, 0.3) is 5.57 Å². The van der Waals surface area contributed by atoms with Crippen molar-refractivity contribution in [1.29, 1.82) is 5.41 Å². The average Bonchev–Trinajstić information content (AvgIpc) is 3.54. The standard InChI is InChI=1S/C35H36F3N9O2/c1-42-21-44-32(41)24-4-2-22(3-5-24)23-9-13-46(14-10-23)30(48)18-45-15-11-34(19-45)20-47(33(34)49)25-6-7-29(39)26(16-25)31(40)27-17-43-12-8-28(27)35(36,37)38/h2-9,12,16-17,21,40H,10-11,13-15,18-20,39H2,1H3,(H2,41,42,44). The third-order valence-corrected chi connectivity index (χ3v) is 9.39. The molecule has 1 atom stereocenters. The van der Waals surface area contributed by atoms with Gasteiger partial charge in [0.15, 0.2) is 0 Å². The zero-order chi connectivity index (χ0) is 34.9. The Morgan fingerprint density at radius 3 is 2.55 bits per heavy atom.